The molecule has 22 heavy (non-hydrogen) atoms. The van der Waals surface area contributed by atoms with Crippen molar-refractivity contribution in [2.45, 2.75) is 39.3 Å². The molecule has 0 aliphatic carbocycles. The van der Waals surface area contributed by atoms with Crippen molar-refractivity contribution in [1.82, 2.24) is 10.3 Å². The molecule has 0 radical (unpaired) electrons. The van der Waals surface area contributed by atoms with Crippen LogP contribution in [-0.2, 0) is 0 Å². The van der Waals surface area contributed by atoms with Gasteiger partial charge in [-0.25, -0.2) is 4.98 Å². The van der Waals surface area contributed by atoms with Gasteiger partial charge in [0, 0.05) is 0 Å². The molecular weight excluding hydrogens is 278 g/mol. The molecule has 0 saturated carbocycles. The lowest BCUT2D eigenvalue weighted by Gasteiger charge is -2.14. The number of hydrogen-bond acceptors (Lipinski definition) is 4. The second-order valence-corrected chi connectivity index (χ2v) is 5.59. The normalized spacial score (nSPS) is 15.1. The maximum atomic E-state index is 12.2. The van der Waals surface area contributed by atoms with Gasteiger partial charge >= 0.3 is 0 Å². The van der Waals surface area contributed by atoms with E-state index in [4.69, 9.17) is 10.2 Å². The van der Waals surface area contributed by atoms with Crippen molar-refractivity contribution in [2.24, 2.45) is 11.7 Å². The first-order chi connectivity index (χ1) is 10.5. The first-order valence-electron chi connectivity index (χ1n) is 7.59. The lowest BCUT2D eigenvalue weighted by Crippen LogP contribution is -2.27. The summed E-state index contributed by atoms with van der Waals surface area (Å²) in [4.78, 5) is 16.5. The summed E-state index contributed by atoms with van der Waals surface area (Å²) in [5.74, 6) is 0.396. The maximum Gasteiger partial charge on any atom is 0.273 e. The summed E-state index contributed by atoms with van der Waals surface area (Å²) >= 11 is 0. The standard InChI is InChI=1S/C17H23N3O2/c1-4-11(2)15(18)17-20-14(10-22-17)16(21)19-12(3)13-8-6-5-7-9-13/h5-12,15H,4,18H2,1-3H3,(H,19,21). The first kappa shape index (κ1) is 16.2. The molecular formula is C17H23N3O2. The Morgan fingerprint density at radius 2 is 2.00 bits per heavy atom. The quantitative estimate of drug-likeness (QED) is 0.858. The lowest BCUT2D eigenvalue weighted by atomic mass is 10.0. The zero-order valence-corrected chi connectivity index (χ0v) is 13.2. The first-order valence-corrected chi connectivity index (χ1v) is 7.59. The van der Waals surface area contributed by atoms with Crippen LogP contribution in [-0.4, -0.2) is 10.9 Å². The Morgan fingerprint density at radius 1 is 1.32 bits per heavy atom. The number of carbonyl (C=O) groups excluding carboxylic acids is 1. The van der Waals surface area contributed by atoms with Crippen molar-refractivity contribution >= 4 is 5.91 Å². The molecule has 3 atom stereocenters. The van der Waals surface area contributed by atoms with Gasteiger partial charge in [-0.3, -0.25) is 4.79 Å². The van der Waals surface area contributed by atoms with E-state index in [-0.39, 0.29) is 29.6 Å². The molecule has 3 unspecified atom stereocenters. The number of carbonyl (C=O) groups is 1. The Hall–Kier alpha value is -2.14. The lowest BCUT2D eigenvalue weighted by molar-refractivity contribution is 0.0934. The summed E-state index contributed by atoms with van der Waals surface area (Å²) < 4.78 is 5.36. The molecule has 0 bridgehead atoms. The molecule has 1 heterocycles. The van der Waals surface area contributed by atoms with Gasteiger partial charge in [0.25, 0.3) is 5.91 Å². The van der Waals surface area contributed by atoms with Gasteiger partial charge < -0.3 is 15.5 Å². The topological polar surface area (TPSA) is 81.1 Å². The summed E-state index contributed by atoms with van der Waals surface area (Å²) in [5.41, 5.74) is 7.37. The molecule has 1 amide bonds. The Morgan fingerprint density at radius 3 is 2.64 bits per heavy atom. The van der Waals surface area contributed by atoms with E-state index in [2.05, 4.69) is 17.2 Å². The van der Waals surface area contributed by atoms with E-state index in [1.807, 2.05) is 44.2 Å². The van der Waals surface area contributed by atoms with Crippen molar-refractivity contribution in [3.05, 3.63) is 53.7 Å². The van der Waals surface area contributed by atoms with E-state index < -0.39 is 0 Å². The minimum Gasteiger partial charge on any atom is -0.446 e. The van der Waals surface area contributed by atoms with E-state index in [1.165, 1.54) is 6.26 Å². The fourth-order valence-electron chi connectivity index (χ4n) is 2.14. The van der Waals surface area contributed by atoms with Crippen LogP contribution in [0.4, 0.5) is 0 Å². The van der Waals surface area contributed by atoms with Crippen LogP contribution in [0.5, 0.6) is 0 Å². The van der Waals surface area contributed by atoms with Gasteiger partial charge in [-0.2, -0.15) is 0 Å². The van der Waals surface area contributed by atoms with Gasteiger partial charge in [-0.1, -0.05) is 50.6 Å². The van der Waals surface area contributed by atoms with Gasteiger partial charge in [0.05, 0.1) is 12.1 Å². The second kappa shape index (κ2) is 7.22. The van der Waals surface area contributed by atoms with Crippen LogP contribution in [0.1, 0.15) is 61.2 Å². The highest BCUT2D eigenvalue weighted by molar-refractivity contribution is 5.92. The third-order valence-corrected chi connectivity index (χ3v) is 3.94. The highest BCUT2D eigenvalue weighted by Crippen LogP contribution is 2.21. The maximum absolute atomic E-state index is 12.2. The molecule has 2 rings (SSSR count). The molecule has 2 aromatic rings. The van der Waals surface area contributed by atoms with Gasteiger partial charge in [0.1, 0.15) is 6.26 Å². The van der Waals surface area contributed by atoms with Crippen molar-refractivity contribution < 1.29 is 9.21 Å². The molecule has 5 nitrogen and oxygen atoms in total. The van der Waals surface area contributed by atoms with Crippen LogP contribution in [0, 0.1) is 5.92 Å². The molecule has 0 aliphatic rings. The minimum absolute atomic E-state index is 0.0999. The second-order valence-electron chi connectivity index (χ2n) is 5.59. The van der Waals surface area contributed by atoms with Gasteiger partial charge in [-0.15, -0.1) is 0 Å². The SMILES string of the molecule is CCC(C)C(N)c1nc(C(=O)NC(C)c2ccccc2)co1. The predicted octanol–water partition coefficient (Wildman–Crippen LogP) is 3.21. The van der Waals surface area contributed by atoms with Crippen LogP contribution >= 0.6 is 0 Å². The number of nitrogens with two attached hydrogens (primary N) is 1. The molecule has 0 saturated heterocycles. The average molecular weight is 301 g/mol. The van der Waals surface area contributed by atoms with Crippen molar-refractivity contribution in [3.8, 4) is 0 Å². The molecule has 1 aromatic carbocycles. The van der Waals surface area contributed by atoms with Crippen LogP contribution in [0.25, 0.3) is 0 Å². The molecule has 5 heteroatoms. The number of benzene rings is 1. The van der Waals surface area contributed by atoms with Gasteiger partial charge in [0.2, 0.25) is 5.89 Å². The third kappa shape index (κ3) is 3.74. The zero-order chi connectivity index (χ0) is 16.1. The van der Waals surface area contributed by atoms with Crippen LogP contribution in [0.15, 0.2) is 41.0 Å². The Bertz CT molecular complexity index is 609. The predicted molar refractivity (Wildman–Crippen MR) is 85.2 cm³/mol. The Labute approximate surface area is 130 Å². The van der Waals surface area contributed by atoms with E-state index in [0.717, 1.165) is 12.0 Å². The number of oxazole rings is 1. The summed E-state index contributed by atoms with van der Waals surface area (Å²) in [5, 5.41) is 2.91. The largest absolute Gasteiger partial charge is 0.446 e. The molecule has 1 aromatic heterocycles. The molecule has 0 spiro atoms. The van der Waals surface area contributed by atoms with Crippen molar-refractivity contribution in [2.75, 3.05) is 0 Å². The highest BCUT2D eigenvalue weighted by atomic mass is 16.3. The fourth-order valence-corrected chi connectivity index (χ4v) is 2.14. The Kier molecular flexibility index (Phi) is 5.33. The number of amides is 1. The van der Waals surface area contributed by atoms with Crippen LogP contribution in [0.3, 0.4) is 0 Å². The molecule has 0 aliphatic heterocycles. The van der Waals surface area contributed by atoms with E-state index in [1.54, 1.807) is 0 Å². The van der Waals surface area contributed by atoms with Crippen LogP contribution in [0.2, 0.25) is 0 Å². The fraction of sp³-hybridized carbons (Fsp3) is 0.412. The van der Waals surface area contributed by atoms with Gasteiger partial charge in [0.15, 0.2) is 5.69 Å². The average Bonchev–Trinajstić information content (AvgIpc) is 3.04. The van der Waals surface area contributed by atoms with E-state index in [9.17, 15) is 4.79 Å². The highest BCUT2D eigenvalue weighted by Gasteiger charge is 2.21. The summed E-state index contributed by atoms with van der Waals surface area (Å²) in [6.45, 7) is 6.02. The van der Waals surface area contributed by atoms with Crippen molar-refractivity contribution in [1.29, 1.82) is 0 Å². The number of nitrogens with zero attached hydrogens (tertiary/aromatic N) is 1. The minimum atomic E-state index is -0.293. The number of hydrogen-bond donors (Lipinski definition) is 2. The molecule has 118 valence electrons. The summed E-state index contributed by atoms with van der Waals surface area (Å²) in [6, 6.07) is 9.37. The monoisotopic (exact) mass is 301 g/mol. The number of rotatable bonds is 6. The number of nitrogens with one attached hydrogen (secondary N) is 1. The van der Waals surface area contributed by atoms with E-state index >= 15 is 0 Å². The number of aromatic nitrogens is 1. The zero-order valence-electron chi connectivity index (χ0n) is 13.2. The molecule has 0 fully saturated rings. The van der Waals surface area contributed by atoms with Crippen molar-refractivity contribution in [3.63, 3.8) is 0 Å². The van der Waals surface area contributed by atoms with E-state index in [0.29, 0.717) is 5.89 Å². The third-order valence-electron chi connectivity index (χ3n) is 3.94. The Balaban J connectivity index is 2.03. The smallest absolute Gasteiger partial charge is 0.273 e. The molecule has 3 N–H and O–H groups in total. The van der Waals surface area contributed by atoms with Gasteiger partial charge in [-0.05, 0) is 18.4 Å². The summed E-state index contributed by atoms with van der Waals surface area (Å²) in [6.07, 6.45) is 2.29. The summed E-state index contributed by atoms with van der Waals surface area (Å²) in [7, 11) is 0. The van der Waals surface area contributed by atoms with Crippen LogP contribution < -0.4 is 11.1 Å².